The summed E-state index contributed by atoms with van der Waals surface area (Å²) in [5.41, 5.74) is 1.62. The summed E-state index contributed by atoms with van der Waals surface area (Å²) in [6.07, 6.45) is 4.36. The predicted octanol–water partition coefficient (Wildman–Crippen LogP) is 4.34. The normalized spacial score (nSPS) is 27.5. The second-order valence-corrected chi connectivity index (χ2v) is 8.52. The van der Waals surface area contributed by atoms with E-state index >= 15 is 0 Å². The van der Waals surface area contributed by atoms with Gasteiger partial charge in [0, 0.05) is 27.8 Å². The van der Waals surface area contributed by atoms with Crippen molar-refractivity contribution in [3.05, 3.63) is 40.5 Å². The summed E-state index contributed by atoms with van der Waals surface area (Å²) in [4.78, 5) is 14.9. The number of benzene rings is 1. The van der Waals surface area contributed by atoms with E-state index < -0.39 is 11.2 Å². The van der Waals surface area contributed by atoms with E-state index in [-0.39, 0.29) is 17.9 Å². The van der Waals surface area contributed by atoms with Crippen molar-refractivity contribution in [1.82, 2.24) is 10.2 Å². The van der Waals surface area contributed by atoms with Gasteiger partial charge in [0.15, 0.2) is 10.8 Å². The molecule has 1 aromatic rings. The number of urea groups is 1. The van der Waals surface area contributed by atoms with Crippen LogP contribution in [0.4, 0.5) is 4.79 Å². The Morgan fingerprint density at radius 1 is 1.25 bits per heavy atom. The third-order valence-electron chi connectivity index (χ3n) is 4.90. The summed E-state index contributed by atoms with van der Waals surface area (Å²) in [5, 5.41) is 3.75. The van der Waals surface area contributed by atoms with Gasteiger partial charge in [-0.2, -0.15) is 0 Å². The van der Waals surface area contributed by atoms with E-state index in [0.29, 0.717) is 5.02 Å². The zero-order valence-corrected chi connectivity index (χ0v) is 15.6. The Balaban J connectivity index is 1.72. The summed E-state index contributed by atoms with van der Waals surface area (Å²) >= 11 is 4.71. The quantitative estimate of drug-likeness (QED) is 0.791. The van der Waals surface area contributed by atoms with Crippen LogP contribution in [0.3, 0.4) is 0 Å². The molecule has 130 valence electrons. The fraction of sp³-hybridized carbons (Fsp3) is 0.500. The molecule has 3 rings (SSSR count). The number of nitrogens with one attached hydrogen (secondary N) is 1. The van der Waals surface area contributed by atoms with E-state index in [1.165, 1.54) is 0 Å². The van der Waals surface area contributed by atoms with E-state index in [4.69, 9.17) is 11.6 Å². The van der Waals surface area contributed by atoms with Gasteiger partial charge in [0.05, 0.1) is 5.70 Å². The maximum Gasteiger partial charge on any atom is 0.325 e. The zero-order valence-electron chi connectivity index (χ0n) is 14.0. The lowest BCUT2D eigenvalue weighted by Crippen LogP contribution is -2.44. The number of carbonyl (C=O) groups excluding carboxylic acids is 1. The number of rotatable bonds is 2. The number of hydrogen-bond donors (Lipinski definition) is 1. The Morgan fingerprint density at radius 2 is 1.88 bits per heavy atom. The lowest BCUT2D eigenvalue weighted by Gasteiger charge is -2.28. The van der Waals surface area contributed by atoms with Gasteiger partial charge in [0.25, 0.3) is 0 Å². The van der Waals surface area contributed by atoms with Crippen LogP contribution in [0.2, 0.25) is 5.02 Å². The molecule has 1 N–H and O–H groups in total. The molecule has 0 bridgehead atoms. The molecule has 1 aromatic carbocycles. The van der Waals surface area contributed by atoms with Crippen molar-refractivity contribution >= 4 is 33.7 Å². The molecule has 2 amide bonds. The molecule has 0 spiro atoms. The van der Waals surface area contributed by atoms with E-state index in [0.717, 1.165) is 47.8 Å². The molecule has 1 atom stereocenters. The molecule has 0 aromatic heterocycles. The second-order valence-electron chi connectivity index (χ2n) is 6.73. The average molecular weight is 367 g/mol. The van der Waals surface area contributed by atoms with Crippen LogP contribution in [-0.2, 0) is 11.2 Å². The highest BCUT2D eigenvalue weighted by Crippen LogP contribution is 2.35. The van der Waals surface area contributed by atoms with Gasteiger partial charge in [-0.25, -0.2) is 9.69 Å². The van der Waals surface area contributed by atoms with Gasteiger partial charge in [0.1, 0.15) is 0 Å². The molecule has 1 unspecified atom stereocenters. The molecule has 1 fully saturated rings. The summed E-state index contributed by atoms with van der Waals surface area (Å²) < 4.78 is 12.5. The summed E-state index contributed by atoms with van der Waals surface area (Å²) in [6.45, 7) is 4.12. The Hall–Kier alpha value is -1.17. The molecule has 2 aliphatic rings. The minimum absolute atomic E-state index is 0.135. The van der Waals surface area contributed by atoms with Crippen LogP contribution in [-0.4, -0.2) is 27.4 Å². The van der Waals surface area contributed by atoms with Crippen molar-refractivity contribution in [2.45, 2.75) is 45.6 Å². The largest absolute Gasteiger partial charge is 0.610 e. The third kappa shape index (κ3) is 3.73. The molecule has 4 nitrogen and oxygen atoms in total. The summed E-state index contributed by atoms with van der Waals surface area (Å²) in [6, 6.07) is 7.35. The van der Waals surface area contributed by atoms with Gasteiger partial charge in [-0.05, 0) is 62.8 Å². The van der Waals surface area contributed by atoms with E-state index in [1.807, 2.05) is 19.1 Å². The highest BCUT2D eigenvalue weighted by atomic mass is 35.5. The minimum Gasteiger partial charge on any atom is -0.610 e. The molecule has 1 heterocycles. The first-order valence-corrected chi connectivity index (χ1v) is 10.1. The van der Waals surface area contributed by atoms with Gasteiger partial charge in [0.2, 0.25) is 0 Å². The van der Waals surface area contributed by atoms with Crippen molar-refractivity contribution < 1.29 is 9.35 Å². The van der Waals surface area contributed by atoms with Gasteiger partial charge in [-0.3, -0.25) is 0 Å². The monoisotopic (exact) mass is 366 g/mol. The maximum absolute atomic E-state index is 12.6. The molecule has 1 saturated carbocycles. The van der Waals surface area contributed by atoms with Crippen LogP contribution >= 0.6 is 11.6 Å². The highest BCUT2D eigenvalue weighted by Gasteiger charge is 2.37. The SMILES string of the molecule is CC1=C(c2ccc(Cl)cc2)[S+]([O-])CN1C(=O)N[C@H]1CC[C@H](C)CC1. The van der Waals surface area contributed by atoms with E-state index in [1.54, 1.807) is 17.0 Å². The number of halogens is 1. The fourth-order valence-electron chi connectivity index (χ4n) is 3.38. The smallest absolute Gasteiger partial charge is 0.325 e. The Kier molecular flexibility index (Phi) is 5.42. The van der Waals surface area contributed by atoms with Crippen molar-refractivity contribution in [1.29, 1.82) is 0 Å². The van der Waals surface area contributed by atoms with Gasteiger partial charge >= 0.3 is 6.03 Å². The zero-order chi connectivity index (χ0) is 17.3. The van der Waals surface area contributed by atoms with Crippen LogP contribution in [0.1, 0.15) is 45.1 Å². The van der Waals surface area contributed by atoms with Crippen molar-refractivity contribution in [3.8, 4) is 0 Å². The fourth-order valence-corrected chi connectivity index (χ4v) is 5.01. The van der Waals surface area contributed by atoms with Crippen molar-refractivity contribution in [3.63, 3.8) is 0 Å². The molecule has 1 aliphatic heterocycles. The maximum atomic E-state index is 12.6. The molecular formula is C18H23ClN2O2S. The summed E-state index contributed by atoms with van der Waals surface area (Å²) in [7, 11) is 0. The first-order valence-electron chi connectivity index (χ1n) is 8.39. The van der Waals surface area contributed by atoms with Crippen molar-refractivity contribution in [2.75, 3.05) is 5.88 Å². The molecule has 1 aliphatic carbocycles. The van der Waals surface area contributed by atoms with Crippen LogP contribution in [0.5, 0.6) is 0 Å². The van der Waals surface area contributed by atoms with Crippen LogP contribution < -0.4 is 5.32 Å². The minimum atomic E-state index is -1.21. The van der Waals surface area contributed by atoms with Crippen LogP contribution in [0, 0.1) is 5.92 Å². The lowest BCUT2D eigenvalue weighted by molar-refractivity contribution is 0.206. The molecule has 6 heteroatoms. The molecular weight excluding hydrogens is 344 g/mol. The molecule has 0 radical (unpaired) electrons. The third-order valence-corrected chi connectivity index (χ3v) is 6.63. The first-order chi connectivity index (χ1) is 11.5. The van der Waals surface area contributed by atoms with Crippen LogP contribution in [0.15, 0.2) is 30.0 Å². The Labute approximate surface area is 151 Å². The number of hydrogen-bond acceptors (Lipinski definition) is 2. The number of allylic oxidation sites excluding steroid dienone is 1. The lowest BCUT2D eigenvalue weighted by atomic mass is 9.87. The van der Waals surface area contributed by atoms with Crippen LogP contribution in [0.25, 0.3) is 4.91 Å². The predicted molar refractivity (Wildman–Crippen MR) is 98.8 cm³/mol. The van der Waals surface area contributed by atoms with E-state index in [9.17, 15) is 9.35 Å². The number of nitrogens with zero attached hydrogens (tertiary/aromatic N) is 1. The van der Waals surface area contributed by atoms with Gasteiger partial charge in [-0.1, -0.05) is 18.5 Å². The van der Waals surface area contributed by atoms with Crippen molar-refractivity contribution in [2.24, 2.45) is 5.92 Å². The Morgan fingerprint density at radius 3 is 2.50 bits per heavy atom. The Bertz CT molecular complexity index is 639. The number of amides is 2. The average Bonchev–Trinajstić information content (AvgIpc) is 2.85. The topological polar surface area (TPSA) is 55.4 Å². The van der Waals surface area contributed by atoms with Gasteiger partial charge in [-0.15, -0.1) is 0 Å². The van der Waals surface area contributed by atoms with E-state index in [2.05, 4.69) is 12.2 Å². The standard InChI is InChI=1S/C18H23ClN2O2S/c1-12-3-9-16(10-4-12)20-18(22)21-11-24(23)17(13(21)2)14-5-7-15(19)8-6-14/h5-8,12,16H,3-4,9-11H2,1-2H3,(H,20,22)/t12-,16-,24?. The first kappa shape index (κ1) is 17.6. The highest BCUT2D eigenvalue weighted by molar-refractivity contribution is 8.00. The van der Waals surface area contributed by atoms with Gasteiger partial charge < -0.3 is 9.87 Å². The number of carbonyl (C=O) groups is 1. The molecule has 24 heavy (non-hydrogen) atoms. The summed E-state index contributed by atoms with van der Waals surface area (Å²) in [5.74, 6) is 0.967. The molecule has 0 saturated heterocycles. The second kappa shape index (κ2) is 7.38.